The average molecular weight is 252 g/mol. The number of Topliss-reactive ketones (excluding diaryl/α,β-unsaturated/α-hetero) is 1. The summed E-state index contributed by atoms with van der Waals surface area (Å²) in [5.74, 6) is 1.01. The van der Waals surface area contributed by atoms with Gasteiger partial charge in [0.05, 0.1) is 6.61 Å². The van der Waals surface area contributed by atoms with Crippen LogP contribution in [0.2, 0.25) is 0 Å². The van der Waals surface area contributed by atoms with Crippen molar-refractivity contribution >= 4 is 5.78 Å². The van der Waals surface area contributed by atoms with Gasteiger partial charge in [0, 0.05) is 6.61 Å². The van der Waals surface area contributed by atoms with Crippen LogP contribution in [-0.4, -0.2) is 25.1 Å². The van der Waals surface area contributed by atoms with Crippen LogP contribution in [0.5, 0.6) is 0 Å². The molecule has 1 unspecified atom stereocenters. The van der Waals surface area contributed by atoms with Gasteiger partial charge >= 0.3 is 0 Å². The molecule has 0 N–H and O–H groups in total. The summed E-state index contributed by atoms with van der Waals surface area (Å²) in [7, 11) is 0. The lowest BCUT2D eigenvalue weighted by Gasteiger charge is -2.30. The largest absolute Gasteiger partial charge is 0.490 e. The third-order valence-electron chi connectivity index (χ3n) is 3.86. The second kappa shape index (κ2) is 6.93. The molecule has 1 aliphatic carbocycles. The number of ketones is 1. The Balaban J connectivity index is 2.03. The van der Waals surface area contributed by atoms with Gasteiger partial charge in [-0.2, -0.15) is 0 Å². The van der Waals surface area contributed by atoms with Crippen LogP contribution >= 0.6 is 0 Å². The molecular formula is C15H24O3. The lowest BCUT2D eigenvalue weighted by Crippen LogP contribution is -2.36. The predicted octanol–water partition coefficient (Wildman–Crippen LogP) is 3.24. The number of ether oxygens (including phenoxy) is 2. The SMILES string of the molecule is CCOC(C(=O)C1=CCCCO1)C1CCCCC1. The molecule has 0 bridgehead atoms. The van der Waals surface area contributed by atoms with Crippen molar-refractivity contribution in [2.24, 2.45) is 5.92 Å². The van der Waals surface area contributed by atoms with Crippen LogP contribution < -0.4 is 0 Å². The zero-order valence-electron chi connectivity index (χ0n) is 11.3. The van der Waals surface area contributed by atoms with Crippen molar-refractivity contribution in [3.63, 3.8) is 0 Å². The van der Waals surface area contributed by atoms with E-state index >= 15 is 0 Å². The van der Waals surface area contributed by atoms with Crippen LogP contribution in [0.15, 0.2) is 11.8 Å². The first kappa shape index (κ1) is 13.6. The Morgan fingerprint density at radius 2 is 2.17 bits per heavy atom. The van der Waals surface area contributed by atoms with Gasteiger partial charge in [0.1, 0.15) is 6.10 Å². The Bertz CT molecular complexity index is 303. The Hall–Kier alpha value is -0.830. The van der Waals surface area contributed by atoms with Crippen molar-refractivity contribution in [3.8, 4) is 0 Å². The van der Waals surface area contributed by atoms with Gasteiger partial charge in [-0.05, 0) is 44.6 Å². The third kappa shape index (κ3) is 3.35. The monoisotopic (exact) mass is 252 g/mol. The maximum atomic E-state index is 12.5. The Labute approximate surface area is 110 Å². The minimum atomic E-state index is -0.278. The van der Waals surface area contributed by atoms with Crippen LogP contribution in [0.4, 0.5) is 0 Å². The van der Waals surface area contributed by atoms with Crippen LogP contribution in [0, 0.1) is 5.92 Å². The van der Waals surface area contributed by atoms with Gasteiger partial charge in [-0.15, -0.1) is 0 Å². The molecule has 1 saturated carbocycles. The molecule has 2 aliphatic rings. The fraction of sp³-hybridized carbons (Fsp3) is 0.800. The molecule has 0 aromatic rings. The van der Waals surface area contributed by atoms with E-state index in [-0.39, 0.29) is 11.9 Å². The zero-order valence-corrected chi connectivity index (χ0v) is 11.3. The average Bonchev–Trinajstić information content (AvgIpc) is 2.46. The Morgan fingerprint density at radius 3 is 2.78 bits per heavy atom. The molecule has 0 amide bonds. The summed E-state index contributed by atoms with van der Waals surface area (Å²) >= 11 is 0. The number of rotatable bonds is 5. The Morgan fingerprint density at radius 1 is 1.39 bits per heavy atom. The molecule has 0 aromatic carbocycles. The number of carbonyl (C=O) groups excluding carboxylic acids is 1. The van der Waals surface area contributed by atoms with Gasteiger partial charge in [-0.25, -0.2) is 0 Å². The molecule has 0 saturated heterocycles. The summed E-state index contributed by atoms with van der Waals surface area (Å²) < 4.78 is 11.2. The maximum Gasteiger partial charge on any atom is 0.225 e. The van der Waals surface area contributed by atoms with Gasteiger partial charge in [-0.3, -0.25) is 4.79 Å². The van der Waals surface area contributed by atoms with E-state index in [0.717, 1.165) is 25.7 Å². The van der Waals surface area contributed by atoms with E-state index < -0.39 is 0 Å². The van der Waals surface area contributed by atoms with Crippen molar-refractivity contribution in [2.75, 3.05) is 13.2 Å². The highest BCUT2D eigenvalue weighted by Crippen LogP contribution is 2.30. The van der Waals surface area contributed by atoms with Crippen LogP contribution in [-0.2, 0) is 14.3 Å². The molecule has 0 aromatic heterocycles. The highest BCUT2D eigenvalue weighted by atomic mass is 16.5. The van der Waals surface area contributed by atoms with E-state index in [9.17, 15) is 4.79 Å². The molecule has 2 rings (SSSR count). The molecule has 1 heterocycles. The quantitative estimate of drug-likeness (QED) is 0.753. The fourth-order valence-electron chi connectivity index (χ4n) is 2.91. The summed E-state index contributed by atoms with van der Waals surface area (Å²) in [5, 5.41) is 0. The molecule has 1 aliphatic heterocycles. The summed E-state index contributed by atoms with van der Waals surface area (Å²) in [6.07, 6.45) is 9.59. The minimum absolute atomic E-state index is 0.0726. The van der Waals surface area contributed by atoms with Crippen molar-refractivity contribution in [1.29, 1.82) is 0 Å². The lowest BCUT2D eigenvalue weighted by molar-refractivity contribution is -0.134. The van der Waals surface area contributed by atoms with Gasteiger partial charge < -0.3 is 9.47 Å². The van der Waals surface area contributed by atoms with E-state index in [4.69, 9.17) is 9.47 Å². The van der Waals surface area contributed by atoms with Crippen LogP contribution in [0.1, 0.15) is 51.9 Å². The van der Waals surface area contributed by atoms with Crippen LogP contribution in [0.3, 0.4) is 0 Å². The Kier molecular flexibility index (Phi) is 5.24. The van der Waals surface area contributed by atoms with E-state index in [1.807, 2.05) is 13.0 Å². The molecule has 0 radical (unpaired) electrons. The number of hydrogen-bond acceptors (Lipinski definition) is 3. The second-order valence-corrected chi connectivity index (χ2v) is 5.20. The third-order valence-corrected chi connectivity index (χ3v) is 3.86. The molecule has 3 nitrogen and oxygen atoms in total. The first-order valence-electron chi connectivity index (χ1n) is 7.31. The molecule has 3 heteroatoms. The standard InChI is InChI=1S/C15H24O3/c1-2-17-15(12-8-4-3-5-9-12)14(16)13-10-6-7-11-18-13/h10,12,15H,2-9,11H2,1H3. The normalized spacial score (nSPS) is 23.1. The maximum absolute atomic E-state index is 12.5. The second-order valence-electron chi connectivity index (χ2n) is 5.20. The number of hydrogen-bond donors (Lipinski definition) is 0. The van der Waals surface area contributed by atoms with Gasteiger partial charge in [0.2, 0.25) is 5.78 Å². The smallest absolute Gasteiger partial charge is 0.225 e. The molecule has 0 spiro atoms. The van der Waals surface area contributed by atoms with E-state index in [2.05, 4.69) is 0 Å². The van der Waals surface area contributed by atoms with Crippen molar-refractivity contribution in [2.45, 2.75) is 58.0 Å². The van der Waals surface area contributed by atoms with Gasteiger partial charge in [0.25, 0.3) is 0 Å². The molecule has 102 valence electrons. The topological polar surface area (TPSA) is 35.5 Å². The summed E-state index contributed by atoms with van der Waals surface area (Å²) in [6.45, 7) is 3.22. The highest BCUT2D eigenvalue weighted by Gasteiger charge is 2.33. The molecular weight excluding hydrogens is 228 g/mol. The molecule has 18 heavy (non-hydrogen) atoms. The van der Waals surface area contributed by atoms with Crippen molar-refractivity contribution in [3.05, 3.63) is 11.8 Å². The minimum Gasteiger partial charge on any atom is -0.490 e. The lowest BCUT2D eigenvalue weighted by atomic mass is 9.83. The van der Waals surface area contributed by atoms with E-state index in [1.165, 1.54) is 19.3 Å². The first-order valence-corrected chi connectivity index (χ1v) is 7.31. The number of allylic oxidation sites excluding steroid dienone is 1. The summed E-state index contributed by atoms with van der Waals surface area (Å²) in [6, 6.07) is 0. The molecule has 1 fully saturated rings. The molecule has 1 atom stereocenters. The predicted molar refractivity (Wildman–Crippen MR) is 70.3 cm³/mol. The van der Waals surface area contributed by atoms with E-state index in [1.54, 1.807) is 0 Å². The fourth-order valence-corrected chi connectivity index (χ4v) is 2.91. The highest BCUT2D eigenvalue weighted by molar-refractivity contribution is 5.97. The van der Waals surface area contributed by atoms with Crippen LogP contribution in [0.25, 0.3) is 0 Å². The number of carbonyl (C=O) groups is 1. The van der Waals surface area contributed by atoms with Crippen molar-refractivity contribution < 1.29 is 14.3 Å². The van der Waals surface area contributed by atoms with E-state index in [0.29, 0.717) is 24.9 Å². The van der Waals surface area contributed by atoms with Gasteiger partial charge in [0.15, 0.2) is 5.76 Å². The first-order chi connectivity index (χ1) is 8.83. The summed E-state index contributed by atoms with van der Waals surface area (Å²) in [5.41, 5.74) is 0. The zero-order chi connectivity index (χ0) is 12.8. The summed E-state index contributed by atoms with van der Waals surface area (Å²) in [4.78, 5) is 12.5. The van der Waals surface area contributed by atoms with Gasteiger partial charge in [-0.1, -0.05) is 19.3 Å². The van der Waals surface area contributed by atoms with Crippen molar-refractivity contribution in [1.82, 2.24) is 0 Å².